The molecule has 0 atom stereocenters. The third-order valence-corrected chi connectivity index (χ3v) is 2.31. The molecule has 1 aromatic carbocycles. The molecule has 0 saturated heterocycles. The van der Waals surface area contributed by atoms with Crippen LogP contribution in [0.25, 0.3) is 0 Å². The van der Waals surface area contributed by atoms with Gasteiger partial charge in [0.2, 0.25) is 0 Å². The zero-order valence-corrected chi connectivity index (χ0v) is 9.72. The number of halogens is 3. The van der Waals surface area contributed by atoms with Crippen LogP contribution in [0.4, 0.5) is 14.5 Å². The molecule has 0 fully saturated rings. The first-order valence-corrected chi connectivity index (χ1v) is 5.03. The molecule has 0 radical (unpaired) electrons. The highest BCUT2D eigenvalue weighted by Crippen LogP contribution is 2.28. The molecule has 0 aliphatic rings. The van der Waals surface area contributed by atoms with E-state index in [1.54, 1.807) is 0 Å². The maximum absolute atomic E-state index is 11.9. The zero-order chi connectivity index (χ0) is 13.0. The number of rotatable bonds is 4. The summed E-state index contributed by atoms with van der Waals surface area (Å²) in [5, 5.41) is 2.21. The molecule has 1 amide bonds. The number of hydrogen-bond acceptors (Lipinski definition) is 3. The summed E-state index contributed by atoms with van der Waals surface area (Å²) in [7, 11) is 1.34. The summed E-state index contributed by atoms with van der Waals surface area (Å²) in [5.41, 5.74) is 5.83. The predicted molar refractivity (Wildman–Crippen MR) is 60.8 cm³/mol. The zero-order valence-electron chi connectivity index (χ0n) is 8.97. The lowest BCUT2D eigenvalue weighted by molar-refractivity contribution is 0.0889. The Morgan fingerprint density at radius 1 is 1.59 bits per heavy atom. The first kappa shape index (κ1) is 13.5. The van der Waals surface area contributed by atoms with E-state index in [9.17, 15) is 13.6 Å². The van der Waals surface area contributed by atoms with E-state index in [4.69, 9.17) is 22.1 Å². The quantitative estimate of drug-likeness (QED) is 0.817. The minimum Gasteiger partial charge on any atom is -0.496 e. The van der Waals surface area contributed by atoms with Gasteiger partial charge in [0, 0.05) is 6.07 Å². The van der Waals surface area contributed by atoms with E-state index >= 15 is 0 Å². The van der Waals surface area contributed by atoms with Crippen LogP contribution in [0.2, 0.25) is 5.02 Å². The summed E-state index contributed by atoms with van der Waals surface area (Å²) < 4.78 is 28.8. The van der Waals surface area contributed by atoms with E-state index in [0.717, 1.165) is 0 Å². The topological polar surface area (TPSA) is 64.3 Å². The van der Waals surface area contributed by atoms with Crippen LogP contribution >= 0.6 is 11.6 Å². The molecule has 1 aromatic rings. The standard InChI is InChI=1S/C10H11ClF2N2O2/c1-17-8-3-7(14)6(11)2-5(8)10(16)15-4-9(12)13/h2-3,9H,4,14H2,1H3,(H,15,16). The molecule has 0 heterocycles. The fraction of sp³-hybridized carbons (Fsp3) is 0.300. The maximum atomic E-state index is 11.9. The minimum absolute atomic E-state index is 0.0624. The summed E-state index contributed by atoms with van der Waals surface area (Å²) in [6.45, 7) is -0.732. The number of alkyl halides is 2. The summed E-state index contributed by atoms with van der Waals surface area (Å²) in [6.07, 6.45) is -2.62. The van der Waals surface area contributed by atoms with Gasteiger partial charge in [-0.2, -0.15) is 0 Å². The number of amides is 1. The molecule has 94 valence electrons. The van der Waals surface area contributed by atoms with Crippen LogP contribution in [-0.4, -0.2) is 26.0 Å². The number of nitrogens with two attached hydrogens (primary N) is 1. The monoisotopic (exact) mass is 264 g/mol. The number of hydrogen-bond donors (Lipinski definition) is 2. The Morgan fingerprint density at radius 2 is 2.24 bits per heavy atom. The van der Waals surface area contributed by atoms with Gasteiger partial charge in [-0.1, -0.05) is 11.6 Å². The molecule has 0 bridgehead atoms. The van der Waals surface area contributed by atoms with Crippen molar-refractivity contribution >= 4 is 23.2 Å². The number of carbonyl (C=O) groups is 1. The van der Waals surface area contributed by atoms with Gasteiger partial charge in [0.05, 0.1) is 29.9 Å². The first-order chi connectivity index (χ1) is 7.95. The molecule has 17 heavy (non-hydrogen) atoms. The molecule has 7 heteroatoms. The summed E-state index contributed by atoms with van der Waals surface area (Å²) in [5.74, 6) is -0.511. The van der Waals surface area contributed by atoms with Crippen molar-refractivity contribution in [2.24, 2.45) is 0 Å². The number of nitrogens with one attached hydrogen (secondary N) is 1. The van der Waals surface area contributed by atoms with Gasteiger partial charge in [-0.25, -0.2) is 8.78 Å². The molecule has 0 aromatic heterocycles. The van der Waals surface area contributed by atoms with E-state index in [0.29, 0.717) is 0 Å². The second-order valence-corrected chi connectivity index (χ2v) is 3.58. The van der Waals surface area contributed by atoms with Crippen molar-refractivity contribution in [2.75, 3.05) is 19.4 Å². The molecular weight excluding hydrogens is 254 g/mol. The number of anilines is 1. The van der Waals surface area contributed by atoms with Gasteiger partial charge in [0.15, 0.2) is 0 Å². The van der Waals surface area contributed by atoms with Crippen molar-refractivity contribution in [3.8, 4) is 5.75 Å². The Balaban J connectivity index is 2.96. The Labute approximate surface area is 102 Å². The van der Waals surface area contributed by atoms with E-state index < -0.39 is 18.9 Å². The molecule has 0 spiro atoms. The van der Waals surface area contributed by atoms with Crippen LogP contribution in [0.3, 0.4) is 0 Å². The number of nitrogen functional groups attached to an aromatic ring is 1. The highest BCUT2D eigenvalue weighted by molar-refractivity contribution is 6.33. The van der Waals surface area contributed by atoms with Gasteiger partial charge in [-0.05, 0) is 6.07 Å². The number of ether oxygens (including phenoxy) is 1. The van der Waals surface area contributed by atoms with E-state index in [1.807, 2.05) is 0 Å². The first-order valence-electron chi connectivity index (χ1n) is 4.65. The Kier molecular flexibility index (Phi) is 4.51. The van der Waals surface area contributed by atoms with Crippen LogP contribution in [0.15, 0.2) is 12.1 Å². The van der Waals surface area contributed by atoms with E-state index in [-0.39, 0.29) is 22.0 Å². The average molecular weight is 265 g/mol. The van der Waals surface area contributed by atoms with Crippen molar-refractivity contribution in [3.63, 3.8) is 0 Å². The normalized spacial score (nSPS) is 10.4. The maximum Gasteiger partial charge on any atom is 0.255 e. The molecule has 1 rings (SSSR count). The van der Waals surface area contributed by atoms with Crippen LogP contribution < -0.4 is 15.8 Å². The van der Waals surface area contributed by atoms with Crippen LogP contribution in [0.5, 0.6) is 5.75 Å². The highest BCUT2D eigenvalue weighted by atomic mass is 35.5. The fourth-order valence-electron chi connectivity index (χ4n) is 1.18. The molecule has 0 unspecified atom stereocenters. The van der Waals surface area contributed by atoms with Crippen molar-refractivity contribution in [2.45, 2.75) is 6.43 Å². The van der Waals surface area contributed by atoms with Gasteiger partial charge in [0.25, 0.3) is 12.3 Å². The van der Waals surface area contributed by atoms with Gasteiger partial charge >= 0.3 is 0 Å². The van der Waals surface area contributed by atoms with Crippen molar-refractivity contribution in [3.05, 3.63) is 22.7 Å². The predicted octanol–water partition coefficient (Wildman–Crippen LogP) is 1.93. The van der Waals surface area contributed by atoms with Crippen LogP contribution in [0.1, 0.15) is 10.4 Å². The van der Waals surface area contributed by atoms with Gasteiger partial charge in [-0.15, -0.1) is 0 Å². The van der Waals surface area contributed by atoms with Gasteiger partial charge < -0.3 is 15.8 Å². The number of methoxy groups -OCH3 is 1. The number of benzene rings is 1. The van der Waals surface area contributed by atoms with Crippen molar-refractivity contribution < 1.29 is 18.3 Å². The lowest BCUT2D eigenvalue weighted by Gasteiger charge is -2.10. The minimum atomic E-state index is -2.62. The summed E-state index contributed by atoms with van der Waals surface area (Å²) in [6, 6.07) is 2.64. The lowest BCUT2D eigenvalue weighted by atomic mass is 10.1. The second kappa shape index (κ2) is 5.67. The largest absolute Gasteiger partial charge is 0.496 e. The summed E-state index contributed by atoms with van der Waals surface area (Å²) in [4.78, 5) is 11.6. The Bertz CT molecular complexity index is 427. The molecule has 4 nitrogen and oxygen atoms in total. The average Bonchev–Trinajstić information content (AvgIpc) is 2.28. The molecule has 0 saturated carbocycles. The summed E-state index contributed by atoms with van der Waals surface area (Å²) >= 11 is 5.74. The van der Waals surface area contributed by atoms with E-state index in [1.165, 1.54) is 19.2 Å². The molecule has 0 aliphatic carbocycles. The smallest absolute Gasteiger partial charge is 0.255 e. The fourth-order valence-corrected chi connectivity index (χ4v) is 1.34. The third-order valence-electron chi connectivity index (χ3n) is 1.98. The molecular formula is C10H11ClF2N2O2. The Morgan fingerprint density at radius 3 is 2.76 bits per heavy atom. The SMILES string of the molecule is COc1cc(N)c(Cl)cc1C(=O)NCC(F)F. The van der Waals surface area contributed by atoms with Crippen molar-refractivity contribution in [1.82, 2.24) is 5.32 Å². The van der Waals surface area contributed by atoms with Gasteiger partial charge in [-0.3, -0.25) is 4.79 Å². The second-order valence-electron chi connectivity index (χ2n) is 3.18. The van der Waals surface area contributed by atoms with E-state index in [2.05, 4.69) is 5.32 Å². The van der Waals surface area contributed by atoms with Crippen LogP contribution in [-0.2, 0) is 0 Å². The number of carbonyl (C=O) groups excluding carboxylic acids is 1. The highest BCUT2D eigenvalue weighted by Gasteiger charge is 2.16. The molecule has 0 aliphatic heterocycles. The lowest BCUT2D eigenvalue weighted by Crippen LogP contribution is -2.28. The third kappa shape index (κ3) is 3.45. The van der Waals surface area contributed by atoms with Crippen molar-refractivity contribution in [1.29, 1.82) is 0 Å². The Hall–Kier alpha value is -1.56. The van der Waals surface area contributed by atoms with Gasteiger partial charge in [0.1, 0.15) is 5.75 Å². The molecule has 3 N–H and O–H groups in total. The van der Waals surface area contributed by atoms with Crippen LogP contribution in [0, 0.1) is 0 Å².